The lowest BCUT2D eigenvalue weighted by molar-refractivity contribution is -0.211. The molecule has 35 heavy (non-hydrogen) atoms. The second kappa shape index (κ2) is 10.7. The average molecular weight is 542 g/mol. The van der Waals surface area contributed by atoms with Crippen LogP contribution in [0.15, 0.2) is 18.2 Å². The zero-order valence-corrected chi connectivity index (χ0v) is 20.9. The number of nitrogens with zero attached hydrogens (tertiary/aromatic N) is 1. The topological polar surface area (TPSA) is 136 Å². The van der Waals surface area contributed by atoms with Crippen molar-refractivity contribution in [2.75, 3.05) is 18.1 Å². The Morgan fingerprint density at radius 2 is 1.86 bits per heavy atom. The summed E-state index contributed by atoms with van der Waals surface area (Å²) >= 11 is 5.98. The Balaban J connectivity index is 2.31. The number of esters is 1. The molecule has 9 nitrogen and oxygen atoms in total. The minimum atomic E-state index is -5.34. The van der Waals surface area contributed by atoms with Gasteiger partial charge in [-0.05, 0) is 23.3 Å². The van der Waals surface area contributed by atoms with Gasteiger partial charge in [0.05, 0.1) is 11.5 Å². The second-order valence-electron chi connectivity index (χ2n) is 9.15. The molecule has 0 spiro atoms. The number of rotatable bonds is 6. The number of ether oxygens (including phenoxy) is 1. The third kappa shape index (κ3) is 7.55. The Hall–Kier alpha value is -2.38. The summed E-state index contributed by atoms with van der Waals surface area (Å²) in [5.41, 5.74) is 5.63. The van der Waals surface area contributed by atoms with E-state index < -0.39 is 69.4 Å². The Bertz CT molecular complexity index is 1090. The van der Waals surface area contributed by atoms with Crippen LogP contribution >= 0.6 is 11.6 Å². The molecular weight excluding hydrogens is 515 g/mol. The van der Waals surface area contributed by atoms with E-state index in [9.17, 15) is 36.0 Å². The molecule has 196 valence electrons. The van der Waals surface area contributed by atoms with Crippen LogP contribution < -0.4 is 11.1 Å². The number of nitrogens with one attached hydrogen (secondary N) is 1. The molecule has 3 N–H and O–H groups in total. The van der Waals surface area contributed by atoms with Gasteiger partial charge in [-0.3, -0.25) is 9.59 Å². The van der Waals surface area contributed by atoms with Crippen molar-refractivity contribution in [3.8, 4) is 0 Å². The van der Waals surface area contributed by atoms with E-state index in [-0.39, 0.29) is 13.1 Å². The standard InChI is InChI=1S/C21H27ClF3N3O6S/c1-20(2,3)16(34-19(31)21(23,24)25)18(30)28-6-7-35(32,33)11-15(28)17(29)27-10-13-8-14(22)5-4-12(13)9-26/h4-5,8,15-16H,6-7,9-11,26H2,1-3H3,(H,27,29)/t15-,16-/m0/s1. The highest BCUT2D eigenvalue weighted by Gasteiger charge is 2.49. The molecule has 1 heterocycles. The highest BCUT2D eigenvalue weighted by molar-refractivity contribution is 7.91. The van der Waals surface area contributed by atoms with Crippen molar-refractivity contribution in [2.45, 2.75) is 52.2 Å². The molecule has 0 aliphatic carbocycles. The van der Waals surface area contributed by atoms with Gasteiger partial charge in [-0.2, -0.15) is 13.2 Å². The summed E-state index contributed by atoms with van der Waals surface area (Å²) < 4.78 is 67.4. The quantitative estimate of drug-likeness (QED) is 0.522. The van der Waals surface area contributed by atoms with Crippen molar-refractivity contribution in [3.05, 3.63) is 34.3 Å². The molecule has 1 aliphatic heterocycles. The van der Waals surface area contributed by atoms with Gasteiger partial charge in [0.1, 0.15) is 6.04 Å². The van der Waals surface area contributed by atoms with E-state index in [0.717, 1.165) is 4.90 Å². The van der Waals surface area contributed by atoms with Crippen molar-refractivity contribution in [2.24, 2.45) is 11.1 Å². The van der Waals surface area contributed by atoms with Crippen LogP contribution in [-0.2, 0) is 42.0 Å². The number of halogens is 4. The van der Waals surface area contributed by atoms with Crippen molar-refractivity contribution >= 4 is 39.2 Å². The first-order valence-corrected chi connectivity index (χ1v) is 12.7. The van der Waals surface area contributed by atoms with Crippen LogP contribution in [0.4, 0.5) is 13.2 Å². The van der Waals surface area contributed by atoms with E-state index in [4.69, 9.17) is 17.3 Å². The maximum atomic E-state index is 13.2. The smallest absolute Gasteiger partial charge is 0.445 e. The van der Waals surface area contributed by atoms with Crippen LogP contribution in [0, 0.1) is 5.41 Å². The molecule has 0 saturated carbocycles. The normalized spacial score (nSPS) is 19.1. The zero-order chi connectivity index (χ0) is 26.8. The molecule has 14 heteroatoms. The summed E-state index contributed by atoms with van der Waals surface area (Å²) in [6, 6.07) is 3.29. The maximum Gasteiger partial charge on any atom is 0.490 e. The van der Waals surface area contributed by atoms with Gasteiger partial charge in [-0.25, -0.2) is 13.2 Å². The Kier molecular flexibility index (Phi) is 8.83. The third-order valence-corrected chi connectivity index (χ3v) is 7.19. The number of carbonyl (C=O) groups is 3. The summed E-state index contributed by atoms with van der Waals surface area (Å²) in [7, 11) is -3.74. The van der Waals surface area contributed by atoms with E-state index in [0.29, 0.717) is 16.1 Å². The summed E-state index contributed by atoms with van der Waals surface area (Å²) in [4.78, 5) is 38.5. The van der Waals surface area contributed by atoms with Crippen LogP contribution in [0.3, 0.4) is 0 Å². The van der Waals surface area contributed by atoms with Crippen LogP contribution in [0.2, 0.25) is 5.02 Å². The molecule has 1 aromatic carbocycles. The highest BCUT2D eigenvalue weighted by Crippen LogP contribution is 2.29. The van der Waals surface area contributed by atoms with E-state index in [1.54, 1.807) is 18.2 Å². The molecular formula is C21H27ClF3N3O6S. The molecule has 2 amide bonds. The van der Waals surface area contributed by atoms with Gasteiger partial charge in [0.2, 0.25) is 5.91 Å². The molecule has 0 radical (unpaired) electrons. The number of nitrogens with two attached hydrogens (primary N) is 1. The number of amides is 2. The molecule has 0 unspecified atom stereocenters. The van der Waals surface area contributed by atoms with Gasteiger partial charge < -0.3 is 20.7 Å². The number of sulfone groups is 1. The van der Waals surface area contributed by atoms with Crippen molar-refractivity contribution in [1.29, 1.82) is 0 Å². The first kappa shape index (κ1) is 28.9. The van der Waals surface area contributed by atoms with E-state index in [2.05, 4.69) is 10.1 Å². The summed E-state index contributed by atoms with van der Waals surface area (Å²) in [6.07, 6.45) is -7.26. The van der Waals surface area contributed by atoms with Gasteiger partial charge in [0.25, 0.3) is 5.91 Å². The number of benzene rings is 1. The molecule has 0 aromatic heterocycles. The lowest BCUT2D eigenvalue weighted by Crippen LogP contribution is -2.61. The Morgan fingerprint density at radius 3 is 2.40 bits per heavy atom. The average Bonchev–Trinajstić information content (AvgIpc) is 2.73. The lowest BCUT2D eigenvalue weighted by Gasteiger charge is -2.39. The van der Waals surface area contributed by atoms with Crippen LogP contribution in [0.5, 0.6) is 0 Å². The summed E-state index contributed by atoms with van der Waals surface area (Å²) in [5, 5.41) is 2.91. The molecule has 2 rings (SSSR count). The Morgan fingerprint density at radius 1 is 1.23 bits per heavy atom. The molecule has 1 aromatic rings. The van der Waals surface area contributed by atoms with Gasteiger partial charge in [0, 0.05) is 30.1 Å². The monoisotopic (exact) mass is 541 g/mol. The summed E-state index contributed by atoms with van der Waals surface area (Å²) in [6.45, 7) is 3.73. The highest BCUT2D eigenvalue weighted by atomic mass is 35.5. The molecule has 1 fully saturated rings. The van der Waals surface area contributed by atoms with E-state index >= 15 is 0 Å². The van der Waals surface area contributed by atoms with Crippen LogP contribution in [0.25, 0.3) is 0 Å². The van der Waals surface area contributed by atoms with Gasteiger partial charge in [0.15, 0.2) is 15.9 Å². The van der Waals surface area contributed by atoms with E-state index in [1.165, 1.54) is 20.8 Å². The van der Waals surface area contributed by atoms with Crippen molar-refractivity contribution in [1.82, 2.24) is 10.2 Å². The number of carbonyl (C=O) groups excluding carboxylic acids is 3. The fourth-order valence-corrected chi connectivity index (χ4v) is 5.12. The maximum absolute atomic E-state index is 13.2. The van der Waals surface area contributed by atoms with Crippen molar-refractivity contribution < 1.29 is 40.7 Å². The SMILES string of the molecule is CC(C)(C)[C@@H](OC(=O)C(F)(F)F)C(=O)N1CCS(=O)(=O)C[C@H]1C(=O)NCc1cc(Cl)ccc1CN. The zero-order valence-electron chi connectivity index (χ0n) is 19.3. The molecule has 1 saturated heterocycles. The molecule has 1 aliphatic rings. The third-order valence-electron chi connectivity index (χ3n) is 5.33. The molecule has 0 bridgehead atoms. The second-order valence-corrected chi connectivity index (χ2v) is 11.8. The first-order chi connectivity index (χ1) is 16.0. The molecule has 2 atom stereocenters. The fraction of sp³-hybridized carbons (Fsp3) is 0.571. The predicted octanol–water partition coefficient (Wildman–Crippen LogP) is 1.56. The minimum Gasteiger partial charge on any atom is -0.445 e. The first-order valence-electron chi connectivity index (χ1n) is 10.5. The number of alkyl halides is 3. The van der Waals surface area contributed by atoms with Crippen LogP contribution in [-0.4, -0.2) is 67.5 Å². The minimum absolute atomic E-state index is 0.0870. The van der Waals surface area contributed by atoms with Gasteiger partial charge >= 0.3 is 12.1 Å². The largest absolute Gasteiger partial charge is 0.490 e. The van der Waals surface area contributed by atoms with Gasteiger partial charge in [-0.1, -0.05) is 38.4 Å². The number of hydrogen-bond donors (Lipinski definition) is 2. The number of hydrogen-bond acceptors (Lipinski definition) is 7. The fourth-order valence-electron chi connectivity index (χ4n) is 3.47. The van der Waals surface area contributed by atoms with Crippen molar-refractivity contribution in [3.63, 3.8) is 0 Å². The predicted molar refractivity (Wildman–Crippen MR) is 121 cm³/mol. The lowest BCUT2D eigenvalue weighted by atomic mass is 9.87. The van der Waals surface area contributed by atoms with Crippen LogP contribution in [0.1, 0.15) is 31.9 Å². The Labute approximate surface area is 206 Å². The van der Waals surface area contributed by atoms with Gasteiger partial charge in [-0.15, -0.1) is 0 Å². The van der Waals surface area contributed by atoms with E-state index in [1.807, 2.05) is 0 Å². The summed E-state index contributed by atoms with van der Waals surface area (Å²) in [5.74, 6) is -5.76.